The molecule has 0 heterocycles. The predicted molar refractivity (Wildman–Crippen MR) is 64.4 cm³/mol. The van der Waals surface area contributed by atoms with Crippen LogP contribution in [0.4, 0.5) is 0 Å². The maximum Gasteiger partial charge on any atom is 0.358 e. The molecule has 1 rings (SSSR count). The molecule has 0 radical (unpaired) electrons. The van der Waals surface area contributed by atoms with E-state index >= 15 is 0 Å². The summed E-state index contributed by atoms with van der Waals surface area (Å²) in [5, 5.41) is 0. The lowest BCUT2D eigenvalue weighted by Gasteiger charge is -2.24. The average molecular weight is 258 g/mol. The second-order valence-electron chi connectivity index (χ2n) is 4.11. The summed E-state index contributed by atoms with van der Waals surface area (Å²) in [6.45, 7) is 0.272. The first-order valence-corrected chi connectivity index (χ1v) is 6.05. The molecule has 0 aliphatic heterocycles. The van der Waals surface area contributed by atoms with Crippen molar-refractivity contribution in [2.24, 2.45) is 0 Å². The number of rotatable bonds is 4. The molecule has 0 bridgehead atoms. The second kappa shape index (κ2) is 5.39. The Morgan fingerprint density at radius 2 is 2.00 bits per heavy atom. The highest BCUT2D eigenvalue weighted by molar-refractivity contribution is 7.73. The molecule has 0 saturated heterocycles. The van der Waals surface area contributed by atoms with Crippen molar-refractivity contribution in [2.45, 2.75) is 6.54 Å². The minimum Gasteiger partial charge on any atom is -0.465 e. The van der Waals surface area contributed by atoms with Crippen molar-refractivity contribution in [3.05, 3.63) is 35.4 Å². The van der Waals surface area contributed by atoms with Gasteiger partial charge in [0.2, 0.25) is 0 Å². The van der Waals surface area contributed by atoms with Crippen molar-refractivity contribution in [3.63, 3.8) is 0 Å². The van der Waals surface area contributed by atoms with E-state index in [9.17, 15) is 9.00 Å². The third-order valence-electron chi connectivity index (χ3n) is 2.40. The van der Waals surface area contributed by atoms with Gasteiger partial charge in [-0.1, -0.05) is 18.2 Å². The van der Waals surface area contributed by atoms with E-state index in [2.05, 4.69) is 4.74 Å². The van der Waals surface area contributed by atoms with Crippen molar-refractivity contribution in [1.82, 2.24) is 0 Å². The summed E-state index contributed by atoms with van der Waals surface area (Å²) in [4.78, 5) is 11.5. The molecule has 1 N–H and O–H groups in total. The van der Waals surface area contributed by atoms with E-state index in [0.29, 0.717) is 11.1 Å². The number of hydrogen-bond acceptors (Lipinski definition) is 3. The molecule has 0 aliphatic carbocycles. The fraction of sp³-hybridized carbons (Fsp3) is 0.364. The Morgan fingerprint density at radius 1 is 1.41 bits per heavy atom. The fourth-order valence-corrected chi connectivity index (χ4v) is 1.68. The van der Waals surface area contributed by atoms with Crippen LogP contribution in [-0.2, 0) is 22.5 Å². The van der Waals surface area contributed by atoms with E-state index in [1.54, 1.807) is 38.4 Å². The quantitative estimate of drug-likeness (QED) is 0.500. The van der Waals surface area contributed by atoms with Crippen LogP contribution in [-0.4, -0.2) is 39.8 Å². The van der Waals surface area contributed by atoms with Crippen LogP contribution in [0.5, 0.6) is 0 Å². The minimum absolute atomic E-state index is 0.131. The van der Waals surface area contributed by atoms with Crippen LogP contribution in [0.2, 0.25) is 0 Å². The molecule has 1 aromatic rings. The number of ether oxygens (including phenoxy) is 1. The van der Waals surface area contributed by atoms with Crippen LogP contribution < -0.4 is 0 Å². The van der Waals surface area contributed by atoms with Gasteiger partial charge in [-0.2, -0.15) is 4.21 Å². The first-order chi connectivity index (χ1) is 7.88. The zero-order chi connectivity index (χ0) is 13.1. The van der Waals surface area contributed by atoms with Gasteiger partial charge in [0.25, 0.3) is 0 Å². The van der Waals surface area contributed by atoms with Crippen molar-refractivity contribution < 1.29 is 22.2 Å². The lowest BCUT2D eigenvalue weighted by atomic mass is 10.1. The van der Waals surface area contributed by atoms with Crippen LogP contribution >= 0.6 is 0 Å². The van der Waals surface area contributed by atoms with Gasteiger partial charge < -0.3 is 4.74 Å². The Kier molecular flexibility index (Phi) is 4.39. The van der Waals surface area contributed by atoms with E-state index in [1.165, 1.54) is 7.11 Å². The Balaban J connectivity index is 3.07. The molecule has 0 saturated carbocycles. The average Bonchev–Trinajstić information content (AvgIpc) is 2.28. The molecule has 0 amide bonds. The highest BCUT2D eigenvalue weighted by Crippen LogP contribution is 2.16. The molecule has 1 unspecified atom stereocenters. The molecular formula is C11H16NO4S+. The Bertz CT molecular complexity index is 445. The summed E-state index contributed by atoms with van der Waals surface area (Å²) < 4.78 is 24.8. The summed E-state index contributed by atoms with van der Waals surface area (Å²) in [5.74, 6) is -0.440. The van der Waals surface area contributed by atoms with Crippen LogP contribution in [0.1, 0.15) is 15.9 Å². The Morgan fingerprint density at radius 3 is 2.53 bits per heavy atom. The van der Waals surface area contributed by atoms with Gasteiger partial charge in [0.15, 0.2) is 0 Å². The van der Waals surface area contributed by atoms with E-state index < -0.39 is 17.2 Å². The highest BCUT2D eigenvalue weighted by Gasteiger charge is 2.26. The Labute approximate surface area is 103 Å². The third-order valence-corrected chi connectivity index (χ3v) is 3.37. The zero-order valence-electron chi connectivity index (χ0n) is 10.0. The molecule has 94 valence electrons. The standard InChI is InChI=1S/C11H15NO4S/c1-12(2,17(14)15)8-9-6-4-5-7-10(9)11(13)16-3/h4-7H,8H2,1-3H3/p+1. The molecule has 1 atom stereocenters. The highest BCUT2D eigenvalue weighted by atomic mass is 32.2. The molecule has 0 aliphatic rings. The first-order valence-electron chi connectivity index (χ1n) is 4.99. The van der Waals surface area contributed by atoms with Gasteiger partial charge in [0.1, 0.15) is 6.54 Å². The lowest BCUT2D eigenvalue weighted by Crippen LogP contribution is -2.40. The molecule has 5 nitrogen and oxygen atoms in total. The maximum absolute atomic E-state index is 11.5. The smallest absolute Gasteiger partial charge is 0.358 e. The van der Waals surface area contributed by atoms with E-state index in [1.807, 2.05) is 0 Å². The van der Waals surface area contributed by atoms with Gasteiger partial charge in [-0.15, -0.1) is 0 Å². The van der Waals surface area contributed by atoms with Crippen molar-refractivity contribution in [3.8, 4) is 0 Å². The number of esters is 1. The first kappa shape index (κ1) is 13.8. The normalized spacial score (nSPS) is 13.2. The fourth-order valence-electron chi connectivity index (χ4n) is 1.43. The molecule has 1 aromatic carbocycles. The molecule has 0 aromatic heterocycles. The molecule has 0 spiro atoms. The van der Waals surface area contributed by atoms with Crippen LogP contribution in [0, 0.1) is 0 Å². The van der Waals surface area contributed by atoms with Gasteiger partial charge in [-0.3, -0.25) is 4.55 Å². The SMILES string of the molecule is COC(=O)c1ccccc1C[N+](C)(C)S(=O)O. The number of carbonyl (C=O) groups is 1. The second-order valence-corrected chi connectivity index (χ2v) is 5.56. The summed E-state index contributed by atoms with van der Waals surface area (Å²) in [6.07, 6.45) is 0. The van der Waals surface area contributed by atoms with Crippen molar-refractivity contribution >= 4 is 17.2 Å². The molecule has 17 heavy (non-hydrogen) atoms. The summed E-state index contributed by atoms with van der Waals surface area (Å²) in [7, 11) is 4.54. The molecular weight excluding hydrogens is 242 g/mol. The topological polar surface area (TPSA) is 63.6 Å². The summed E-state index contributed by atoms with van der Waals surface area (Å²) >= 11 is -2.01. The van der Waals surface area contributed by atoms with Crippen LogP contribution in [0.15, 0.2) is 24.3 Å². The zero-order valence-corrected chi connectivity index (χ0v) is 10.9. The number of benzene rings is 1. The van der Waals surface area contributed by atoms with Crippen molar-refractivity contribution in [1.29, 1.82) is 0 Å². The summed E-state index contributed by atoms with van der Waals surface area (Å²) in [6, 6.07) is 6.90. The monoisotopic (exact) mass is 258 g/mol. The van der Waals surface area contributed by atoms with Gasteiger partial charge in [0, 0.05) is 5.56 Å². The number of carbonyl (C=O) groups excluding carboxylic acids is 1. The van der Waals surface area contributed by atoms with Gasteiger partial charge in [-0.25, -0.2) is 8.68 Å². The van der Waals surface area contributed by atoms with E-state index in [-0.39, 0.29) is 10.4 Å². The number of methoxy groups -OCH3 is 1. The largest absolute Gasteiger partial charge is 0.465 e. The van der Waals surface area contributed by atoms with Gasteiger partial charge >= 0.3 is 17.2 Å². The predicted octanol–water partition coefficient (Wildman–Crippen LogP) is 1.19. The van der Waals surface area contributed by atoms with Crippen molar-refractivity contribution in [2.75, 3.05) is 21.2 Å². The van der Waals surface area contributed by atoms with Gasteiger partial charge in [-0.05, 0) is 6.07 Å². The Hall–Kier alpha value is -1.24. The van der Waals surface area contributed by atoms with E-state index in [4.69, 9.17) is 4.55 Å². The minimum atomic E-state index is -2.01. The maximum atomic E-state index is 11.5. The lowest BCUT2D eigenvalue weighted by molar-refractivity contribution is -0.776. The number of quaternary nitrogens is 1. The third kappa shape index (κ3) is 3.36. The molecule has 6 heteroatoms. The van der Waals surface area contributed by atoms with E-state index in [0.717, 1.165) is 0 Å². The number of hydrogen-bond donors (Lipinski definition) is 1. The van der Waals surface area contributed by atoms with Crippen LogP contribution in [0.3, 0.4) is 0 Å². The summed E-state index contributed by atoms with van der Waals surface area (Å²) in [5.41, 5.74) is 1.11. The van der Waals surface area contributed by atoms with Gasteiger partial charge in [0.05, 0.1) is 26.8 Å². The van der Waals surface area contributed by atoms with Crippen LogP contribution in [0.25, 0.3) is 0 Å². The number of nitrogens with zero attached hydrogens (tertiary/aromatic N) is 1. The molecule has 0 fully saturated rings.